The zero-order valence-electron chi connectivity index (χ0n) is 16.3. The van der Waals surface area contributed by atoms with Crippen molar-refractivity contribution in [1.82, 2.24) is 4.98 Å². The Morgan fingerprint density at radius 3 is 2.65 bits per heavy atom. The van der Waals surface area contributed by atoms with Gasteiger partial charge in [0.2, 0.25) is 5.89 Å². The van der Waals surface area contributed by atoms with Gasteiger partial charge in [-0.25, -0.2) is 4.98 Å². The summed E-state index contributed by atoms with van der Waals surface area (Å²) in [5.41, 5.74) is 0.628. The van der Waals surface area contributed by atoms with Gasteiger partial charge in [0, 0.05) is 12.0 Å². The van der Waals surface area contributed by atoms with Crippen LogP contribution in [0.15, 0.2) is 70.5 Å². The number of carbonyl (C=O) groups is 2. The number of halogens is 3. The SMILES string of the molecule is CC1=NN(c2cccc(C(F)(F)F)c2)C(=O)C1C(=O)Cc1cccc(-c2ncco2)c1. The van der Waals surface area contributed by atoms with Crippen LogP contribution >= 0.6 is 0 Å². The van der Waals surface area contributed by atoms with E-state index in [1.807, 2.05) is 0 Å². The predicted octanol–water partition coefficient (Wildman–Crippen LogP) is 4.51. The molecule has 6 nitrogen and oxygen atoms in total. The van der Waals surface area contributed by atoms with Crippen molar-refractivity contribution in [1.29, 1.82) is 0 Å². The summed E-state index contributed by atoms with van der Waals surface area (Å²) in [4.78, 5) is 29.8. The number of hydrogen-bond donors (Lipinski definition) is 0. The van der Waals surface area contributed by atoms with Crippen LogP contribution < -0.4 is 5.01 Å². The lowest BCUT2D eigenvalue weighted by Crippen LogP contribution is -2.33. The molecule has 1 unspecified atom stereocenters. The zero-order chi connectivity index (χ0) is 22.2. The van der Waals surface area contributed by atoms with Crippen LogP contribution in [0.5, 0.6) is 0 Å². The molecule has 0 bridgehead atoms. The molecule has 31 heavy (non-hydrogen) atoms. The first-order valence-electron chi connectivity index (χ1n) is 9.32. The van der Waals surface area contributed by atoms with Crippen molar-refractivity contribution in [2.45, 2.75) is 19.5 Å². The van der Waals surface area contributed by atoms with Crippen molar-refractivity contribution in [3.05, 3.63) is 72.1 Å². The van der Waals surface area contributed by atoms with Gasteiger partial charge in [0.1, 0.15) is 12.2 Å². The van der Waals surface area contributed by atoms with Crippen molar-refractivity contribution in [2.24, 2.45) is 11.0 Å². The number of hydrazone groups is 1. The number of nitrogens with zero attached hydrogens (tertiary/aromatic N) is 3. The maximum Gasteiger partial charge on any atom is 0.416 e. The summed E-state index contributed by atoms with van der Waals surface area (Å²) in [6, 6.07) is 11.3. The van der Waals surface area contributed by atoms with Crippen LogP contribution in [0, 0.1) is 5.92 Å². The number of benzene rings is 2. The van der Waals surface area contributed by atoms with Crippen LogP contribution in [0.4, 0.5) is 18.9 Å². The Balaban J connectivity index is 1.54. The van der Waals surface area contributed by atoms with Gasteiger partial charge in [-0.15, -0.1) is 0 Å². The van der Waals surface area contributed by atoms with Gasteiger partial charge >= 0.3 is 6.18 Å². The number of alkyl halides is 3. The van der Waals surface area contributed by atoms with E-state index in [2.05, 4.69) is 10.1 Å². The molecule has 158 valence electrons. The maximum atomic E-state index is 13.0. The summed E-state index contributed by atoms with van der Waals surface area (Å²) >= 11 is 0. The highest BCUT2D eigenvalue weighted by molar-refractivity contribution is 6.27. The quantitative estimate of drug-likeness (QED) is 0.562. The molecule has 0 saturated heterocycles. The summed E-state index contributed by atoms with van der Waals surface area (Å²) in [6.07, 6.45) is -1.66. The number of hydrogen-bond acceptors (Lipinski definition) is 5. The number of amides is 1. The number of anilines is 1. The van der Waals surface area contributed by atoms with Gasteiger partial charge in [0.15, 0.2) is 5.78 Å². The minimum absolute atomic E-state index is 0.0413. The molecule has 0 N–H and O–H groups in total. The normalized spacial score (nSPS) is 16.5. The summed E-state index contributed by atoms with van der Waals surface area (Å²) in [5, 5.41) is 4.91. The predicted molar refractivity (Wildman–Crippen MR) is 106 cm³/mol. The fourth-order valence-corrected chi connectivity index (χ4v) is 3.42. The lowest BCUT2D eigenvalue weighted by Gasteiger charge is -2.16. The van der Waals surface area contributed by atoms with Crippen LogP contribution in [0.3, 0.4) is 0 Å². The third-order valence-corrected chi connectivity index (χ3v) is 4.86. The Morgan fingerprint density at radius 1 is 1.16 bits per heavy atom. The second-order valence-electron chi connectivity index (χ2n) is 7.05. The molecule has 3 aromatic rings. The molecular weight excluding hydrogens is 411 g/mol. The van der Waals surface area contributed by atoms with Crippen LogP contribution in [0.2, 0.25) is 0 Å². The summed E-state index contributed by atoms with van der Waals surface area (Å²) in [5.74, 6) is -1.82. The van der Waals surface area contributed by atoms with Gasteiger partial charge in [0.05, 0.1) is 23.2 Å². The molecule has 0 spiro atoms. The Morgan fingerprint density at radius 2 is 1.94 bits per heavy atom. The largest absolute Gasteiger partial charge is 0.445 e. The van der Waals surface area contributed by atoms with Crippen LogP contribution in [-0.2, 0) is 22.2 Å². The molecule has 2 aromatic carbocycles. The maximum absolute atomic E-state index is 13.0. The van der Waals surface area contributed by atoms with E-state index in [1.54, 1.807) is 24.3 Å². The highest BCUT2D eigenvalue weighted by Crippen LogP contribution is 2.33. The van der Waals surface area contributed by atoms with Crippen LogP contribution in [0.1, 0.15) is 18.1 Å². The number of rotatable bonds is 5. The van der Waals surface area contributed by atoms with Gasteiger partial charge < -0.3 is 4.42 Å². The minimum atomic E-state index is -4.55. The van der Waals surface area contributed by atoms with Gasteiger partial charge in [-0.3, -0.25) is 9.59 Å². The fourth-order valence-electron chi connectivity index (χ4n) is 3.42. The molecule has 4 rings (SSSR count). The Bertz CT molecular complexity index is 1170. The molecule has 2 heterocycles. The molecule has 0 fully saturated rings. The van der Waals surface area contributed by atoms with E-state index in [9.17, 15) is 22.8 Å². The van der Waals surface area contributed by atoms with E-state index in [1.165, 1.54) is 31.5 Å². The average Bonchev–Trinajstić information content (AvgIpc) is 3.36. The first-order chi connectivity index (χ1) is 14.7. The summed E-state index contributed by atoms with van der Waals surface area (Å²) in [6.45, 7) is 1.51. The minimum Gasteiger partial charge on any atom is -0.445 e. The zero-order valence-corrected chi connectivity index (χ0v) is 16.3. The first kappa shape index (κ1) is 20.5. The number of carbonyl (C=O) groups excluding carboxylic acids is 2. The Labute approximate surface area is 175 Å². The molecule has 1 amide bonds. The van der Waals surface area contributed by atoms with E-state index < -0.39 is 29.3 Å². The first-order valence-corrected chi connectivity index (χ1v) is 9.32. The molecule has 1 aliphatic rings. The van der Waals surface area contributed by atoms with Gasteiger partial charge in [-0.05, 0) is 42.8 Å². The van der Waals surface area contributed by atoms with Crippen molar-refractivity contribution in [2.75, 3.05) is 5.01 Å². The molecule has 1 atom stereocenters. The summed E-state index contributed by atoms with van der Waals surface area (Å²) < 4.78 is 44.3. The van der Waals surface area contributed by atoms with E-state index >= 15 is 0 Å². The Hall–Kier alpha value is -3.75. The van der Waals surface area contributed by atoms with Crippen LogP contribution in [0.25, 0.3) is 11.5 Å². The number of Topliss-reactive ketones (excluding diaryl/α,β-unsaturated/α-hetero) is 1. The van der Waals surface area contributed by atoms with Gasteiger partial charge in [0.25, 0.3) is 5.91 Å². The lowest BCUT2D eigenvalue weighted by molar-refractivity contribution is -0.137. The second kappa shape index (κ2) is 7.82. The standard InChI is InChI=1S/C22H16F3N3O3/c1-13-19(18(29)11-14-4-2-5-15(10-14)20-26-8-9-31-20)21(30)28(27-13)17-7-3-6-16(12-17)22(23,24)25/h2-10,12,19H,11H2,1H3. The fraction of sp³-hybridized carbons (Fsp3) is 0.182. The number of ketones is 1. The molecule has 0 saturated carbocycles. The van der Waals surface area contributed by atoms with E-state index in [0.29, 0.717) is 17.0 Å². The third kappa shape index (κ3) is 4.11. The number of oxazole rings is 1. The molecule has 9 heteroatoms. The van der Waals surface area contributed by atoms with Gasteiger partial charge in [-0.1, -0.05) is 18.2 Å². The highest BCUT2D eigenvalue weighted by atomic mass is 19.4. The van der Waals surface area contributed by atoms with E-state index in [-0.39, 0.29) is 17.8 Å². The highest BCUT2D eigenvalue weighted by Gasteiger charge is 2.40. The molecule has 1 aromatic heterocycles. The molecular formula is C22H16F3N3O3. The monoisotopic (exact) mass is 427 g/mol. The van der Waals surface area contributed by atoms with Crippen LogP contribution in [-0.4, -0.2) is 22.4 Å². The van der Waals surface area contributed by atoms with Crippen molar-refractivity contribution >= 4 is 23.1 Å². The van der Waals surface area contributed by atoms with Crippen molar-refractivity contribution in [3.63, 3.8) is 0 Å². The van der Waals surface area contributed by atoms with Gasteiger partial charge in [-0.2, -0.15) is 23.3 Å². The third-order valence-electron chi connectivity index (χ3n) is 4.86. The molecule has 1 aliphatic heterocycles. The van der Waals surface area contributed by atoms with Crippen molar-refractivity contribution in [3.8, 4) is 11.5 Å². The summed E-state index contributed by atoms with van der Waals surface area (Å²) in [7, 11) is 0. The molecule has 0 aliphatic carbocycles. The van der Waals surface area contributed by atoms with E-state index in [4.69, 9.17) is 4.42 Å². The lowest BCUT2D eigenvalue weighted by atomic mass is 9.93. The van der Waals surface area contributed by atoms with Crippen molar-refractivity contribution < 1.29 is 27.2 Å². The number of aromatic nitrogens is 1. The second-order valence-corrected chi connectivity index (χ2v) is 7.05. The Kier molecular flexibility index (Phi) is 5.18. The molecule has 0 radical (unpaired) electrons. The average molecular weight is 427 g/mol. The topological polar surface area (TPSA) is 75.8 Å². The van der Waals surface area contributed by atoms with E-state index in [0.717, 1.165) is 17.1 Å². The smallest absolute Gasteiger partial charge is 0.416 e.